The minimum absolute atomic E-state index is 0.155. The number of halogens is 2. The second-order valence-corrected chi connectivity index (χ2v) is 5.02. The van der Waals surface area contributed by atoms with Gasteiger partial charge in [0.25, 0.3) is 0 Å². The summed E-state index contributed by atoms with van der Waals surface area (Å²) in [5.74, 6) is -0.155. The largest absolute Gasteiger partial charge is 0.371 e. The Bertz CT molecular complexity index is 361. The molecule has 2 rings (SSSR count). The van der Waals surface area contributed by atoms with Crippen LogP contribution in [0.25, 0.3) is 0 Å². The van der Waals surface area contributed by atoms with Crippen molar-refractivity contribution in [2.75, 3.05) is 11.9 Å². The van der Waals surface area contributed by atoms with Crippen molar-refractivity contribution in [1.82, 2.24) is 0 Å². The van der Waals surface area contributed by atoms with Gasteiger partial charge in [0.05, 0.1) is 0 Å². The van der Waals surface area contributed by atoms with E-state index in [-0.39, 0.29) is 5.82 Å². The number of alkyl halides is 1. The molecule has 3 heteroatoms. The standard InChI is InChI=1S/C13H17BrFN/c1-16(12-4-2-3-5-12)13-7-6-11(15)8-10(13)9-14/h6-8,12H,2-5,9H2,1H3. The molecule has 1 fully saturated rings. The van der Waals surface area contributed by atoms with Crippen molar-refractivity contribution in [1.29, 1.82) is 0 Å². The maximum atomic E-state index is 13.1. The Labute approximate surface area is 105 Å². The molecular weight excluding hydrogens is 269 g/mol. The average molecular weight is 286 g/mol. The van der Waals surface area contributed by atoms with E-state index in [0.29, 0.717) is 11.4 Å². The Morgan fingerprint density at radius 1 is 1.38 bits per heavy atom. The van der Waals surface area contributed by atoms with E-state index in [9.17, 15) is 4.39 Å². The van der Waals surface area contributed by atoms with Crippen molar-refractivity contribution < 1.29 is 4.39 Å². The number of hydrogen-bond donors (Lipinski definition) is 0. The lowest BCUT2D eigenvalue weighted by Gasteiger charge is -2.28. The molecule has 16 heavy (non-hydrogen) atoms. The molecule has 1 saturated carbocycles. The number of nitrogens with zero attached hydrogens (tertiary/aromatic N) is 1. The van der Waals surface area contributed by atoms with Gasteiger partial charge in [-0.2, -0.15) is 0 Å². The molecule has 88 valence electrons. The lowest BCUT2D eigenvalue weighted by atomic mass is 10.1. The monoisotopic (exact) mass is 285 g/mol. The summed E-state index contributed by atoms with van der Waals surface area (Å²) >= 11 is 3.43. The first kappa shape index (κ1) is 11.9. The molecule has 1 aliphatic carbocycles. The summed E-state index contributed by atoms with van der Waals surface area (Å²) in [6.45, 7) is 0. The van der Waals surface area contributed by atoms with Gasteiger partial charge in [-0.3, -0.25) is 0 Å². The van der Waals surface area contributed by atoms with Gasteiger partial charge >= 0.3 is 0 Å². The van der Waals surface area contributed by atoms with Gasteiger partial charge < -0.3 is 4.90 Å². The summed E-state index contributed by atoms with van der Waals surface area (Å²) in [5.41, 5.74) is 2.19. The molecule has 0 spiro atoms. The summed E-state index contributed by atoms with van der Waals surface area (Å²) in [7, 11) is 2.12. The van der Waals surface area contributed by atoms with Crippen LogP contribution >= 0.6 is 15.9 Å². The molecule has 1 aromatic carbocycles. The fourth-order valence-electron chi connectivity index (χ4n) is 2.49. The van der Waals surface area contributed by atoms with E-state index in [2.05, 4.69) is 27.9 Å². The lowest BCUT2D eigenvalue weighted by Crippen LogP contribution is -2.29. The predicted molar refractivity (Wildman–Crippen MR) is 69.7 cm³/mol. The van der Waals surface area contributed by atoms with Gasteiger partial charge in [-0.15, -0.1) is 0 Å². The van der Waals surface area contributed by atoms with E-state index < -0.39 is 0 Å². The first-order valence-electron chi connectivity index (χ1n) is 5.79. The fraction of sp³-hybridized carbons (Fsp3) is 0.538. The third kappa shape index (κ3) is 2.40. The highest BCUT2D eigenvalue weighted by Gasteiger charge is 2.21. The zero-order valence-electron chi connectivity index (χ0n) is 9.55. The van der Waals surface area contributed by atoms with Crippen LogP contribution in [0.3, 0.4) is 0 Å². The van der Waals surface area contributed by atoms with Gasteiger partial charge in [-0.25, -0.2) is 4.39 Å². The highest BCUT2D eigenvalue weighted by atomic mass is 79.9. The van der Waals surface area contributed by atoms with Crippen LogP contribution in [0.5, 0.6) is 0 Å². The van der Waals surface area contributed by atoms with Crippen molar-refractivity contribution in [3.05, 3.63) is 29.6 Å². The van der Waals surface area contributed by atoms with Crippen LogP contribution in [0.2, 0.25) is 0 Å². The van der Waals surface area contributed by atoms with Crippen molar-refractivity contribution in [2.24, 2.45) is 0 Å². The maximum absolute atomic E-state index is 13.1. The minimum Gasteiger partial charge on any atom is -0.371 e. The average Bonchev–Trinajstić information content (AvgIpc) is 2.81. The molecule has 0 heterocycles. The minimum atomic E-state index is -0.155. The van der Waals surface area contributed by atoms with Gasteiger partial charge in [0.2, 0.25) is 0 Å². The topological polar surface area (TPSA) is 3.24 Å². The zero-order chi connectivity index (χ0) is 11.5. The van der Waals surface area contributed by atoms with E-state index in [1.54, 1.807) is 12.1 Å². The zero-order valence-corrected chi connectivity index (χ0v) is 11.1. The van der Waals surface area contributed by atoms with Gasteiger partial charge in [0.15, 0.2) is 0 Å². The van der Waals surface area contributed by atoms with E-state index >= 15 is 0 Å². The second-order valence-electron chi connectivity index (χ2n) is 4.46. The molecule has 0 radical (unpaired) electrons. The van der Waals surface area contributed by atoms with Crippen molar-refractivity contribution in [3.63, 3.8) is 0 Å². The summed E-state index contributed by atoms with van der Waals surface area (Å²) in [6.07, 6.45) is 5.16. The molecule has 1 nitrogen and oxygen atoms in total. The molecule has 1 aliphatic rings. The number of anilines is 1. The summed E-state index contributed by atoms with van der Waals surface area (Å²) < 4.78 is 13.1. The number of benzene rings is 1. The first-order chi connectivity index (χ1) is 7.72. The molecule has 0 aromatic heterocycles. The Morgan fingerprint density at radius 3 is 2.69 bits per heavy atom. The SMILES string of the molecule is CN(c1ccc(F)cc1CBr)C1CCCC1. The van der Waals surface area contributed by atoms with E-state index in [4.69, 9.17) is 0 Å². The van der Waals surface area contributed by atoms with Crippen LogP contribution in [0.1, 0.15) is 31.2 Å². The van der Waals surface area contributed by atoms with Crippen LogP contribution in [0.4, 0.5) is 10.1 Å². The number of hydrogen-bond acceptors (Lipinski definition) is 1. The molecule has 0 atom stereocenters. The molecule has 0 saturated heterocycles. The van der Waals surface area contributed by atoms with Crippen LogP contribution in [-0.2, 0) is 5.33 Å². The predicted octanol–water partition coefficient (Wildman–Crippen LogP) is 4.10. The molecule has 0 bridgehead atoms. The third-order valence-electron chi connectivity index (χ3n) is 3.44. The lowest BCUT2D eigenvalue weighted by molar-refractivity contribution is 0.622. The highest BCUT2D eigenvalue weighted by Crippen LogP contribution is 2.30. The maximum Gasteiger partial charge on any atom is 0.123 e. The van der Waals surface area contributed by atoms with Crippen molar-refractivity contribution >= 4 is 21.6 Å². The Morgan fingerprint density at radius 2 is 2.06 bits per heavy atom. The Kier molecular flexibility index (Phi) is 3.85. The highest BCUT2D eigenvalue weighted by molar-refractivity contribution is 9.08. The normalized spacial score (nSPS) is 16.7. The van der Waals surface area contributed by atoms with E-state index in [0.717, 1.165) is 11.3 Å². The van der Waals surface area contributed by atoms with Crippen molar-refractivity contribution in [2.45, 2.75) is 37.1 Å². The van der Waals surface area contributed by atoms with E-state index in [1.165, 1.54) is 25.7 Å². The van der Waals surface area contributed by atoms with Gasteiger partial charge in [-0.05, 0) is 36.6 Å². The quantitative estimate of drug-likeness (QED) is 0.756. The molecule has 0 aliphatic heterocycles. The molecule has 0 amide bonds. The Balaban J connectivity index is 2.24. The van der Waals surface area contributed by atoms with Gasteiger partial charge in [0.1, 0.15) is 5.82 Å². The first-order valence-corrected chi connectivity index (χ1v) is 6.91. The molecule has 0 N–H and O–H groups in total. The smallest absolute Gasteiger partial charge is 0.123 e. The van der Waals surface area contributed by atoms with Crippen LogP contribution < -0.4 is 4.90 Å². The van der Waals surface area contributed by atoms with Gasteiger partial charge in [0, 0.05) is 24.1 Å². The van der Waals surface area contributed by atoms with Gasteiger partial charge in [-0.1, -0.05) is 28.8 Å². The summed E-state index contributed by atoms with van der Waals surface area (Å²) in [6, 6.07) is 5.69. The third-order valence-corrected chi connectivity index (χ3v) is 4.04. The van der Waals surface area contributed by atoms with E-state index in [1.807, 2.05) is 6.07 Å². The number of rotatable bonds is 3. The Hall–Kier alpha value is -0.570. The van der Waals surface area contributed by atoms with Crippen LogP contribution in [-0.4, -0.2) is 13.1 Å². The summed E-state index contributed by atoms with van der Waals surface area (Å²) in [5, 5.41) is 0.706. The molecular formula is C13H17BrFN. The van der Waals surface area contributed by atoms with Crippen LogP contribution in [0, 0.1) is 5.82 Å². The second kappa shape index (κ2) is 5.17. The van der Waals surface area contributed by atoms with Crippen molar-refractivity contribution in [3.8, 4) is 0 Å². The summed E-state index contributed by atoms with van der Waals surface area (Å²) in [4.78, 5) is 2.31. The van der Waals surface area contributed by atoms with Crippen LogP contribution in [0.15, 0.2) is 18.2 Å². The fourth-order valence-corrected chi connectivity index (χ4v) is 2.94. The molecule has 1 aromatic rings. The molecule has 0 unspecified atom stereocenters.